The van der Waals surface area contributed by atoms with Gasteiger partial charge in [0.2, 0.25) is 0 Å². The summed E-state index contributed by atoms with van der Waals surface area (Å²) in [4.78, 5) is 0. The third-order valence-electron chi connectivity index (χ3n) is 2.30. The number of benzene rings is 1. The molecular weight excluding hydrogens is 265 g/mol. The maximum absolute atomic E-state index is 13.4. The van der Waals surface area contributed by atoms with Crippen LogP contribution in [0.4, 0.5) is 10.1 Å². The first-order chi connectivity index (χ1) is 7.85. The van der Waals surface area contributed by atoms with E-state index in [-0.39, 0.29) is 22.2 Å². The number of anilines is 1. The molecule has 0 aliphatic rings. The molecule has 0 aliphatic carbocycles. The van der Waals surface area contributed by atoms with Gasteiger partial charge in [0.25, 0.3) is 0 Å². The normalized spacial score (nSPS) is 13.4. The van der Waals surface area contributed by atoms with Crippen molar-refractivity contribution in [2.45, 2.75) is 19.9 Å². The van der Waals surface area contributed by atoms with Gasteiger partial charge >= 0.3 is 0 Å². The smallest absolute Gasteiger partial charge is 0.152 e. The Morgan fingerprint density at radius 2 is 2.12 bits per heavy atom. The van der Waals surface area contributed by atoms with E-state index in [0.29, 0.717) is 0 Å². The predicted octanol–water partition coefficient (Wildman–Crippen LogP) is 2.71. The van der Waals surface area contributed by atoms with Crippen molar-refractivity contribution >= 4 is 27.1 Å². The van der Waals surface area contributed by atoms with Crippen molar-refractivity contribution in [2.24, 2.45) is 0 Å². The molecule has 0 amide bonds. The second-order valence-corrected chi connectivity index (χ2v) is 6.65. The van der Waals surface area contributed by atoms with Crippen molar-refractivity contribution in [1.29, 1.82) is 0 Å². The van der Waals surface area contributed by atoms with Crippen LogP contribution in [0, 0.1) is 5.82 Å². The van der Waals surface area contributed by atoms with Crippen molar-refractivity contribution < 1.29 is 12.8 Å². The first kappa shape index (κ1) is 14.3. The van der Waals surface area contributed by atoms with E-state index in [0.717, 1.165) is 0 Å². The van der Waals surface area contributed by atoms with Crippen LogP contribution in [-0.4, -0.2) is 26.0 Å². The number of hydrogen-bond donors (Lipinski definition) is 1. The van der Waals surface area contributed by atoms with Crippen molar-refractivity contribution in [2.75, 3.05) is 16.8 Å². The number of hydrogen-bond acceptors (Lipinski definition) is 3. The highest BCUT2D eigenvalue weighted by Gasteiger charge is 2.16. The highest BCUT2D eigenvalue weighted by molar-refractivity contribution is 7.91. The Morgan fingerprint density at radius 3 is 2.65 bits per heavy atom. The molecule has 96 valence electrons. The summed E-state index contributed by atoms with van der Waals surface area (Å²) in [5.41, 5.74) is 0.146. The Bertz CT molecular complexity index is 470. The number of sulfone groups is 1. The minimum atomic E-state index is -3.09. The van der Waals surface area contributed by atoms with Gasteiger partial charge in [0.15, 0.2) is 9.84 Å². The Labute approximate surface area is 106 Å². The molecule has 1 rings (SSSR count). The Hall–Kier alpha value is -0.810. The fraction of sp³-hybridized carbons (Fsp3) is 0.455. The number of rotatable bonds is 5. The van der Waals surface area contributed by atoms with Crippen LogP contribution in [-0.2, 0) is 9.84 Å². The van der Waals surface area contributed by atoms with Crippen LogP contribution in [0.15, 0.2) is 18.2 Å². The Kier molecular flexibility index (Phi) is 4.77. The SMILES string of the molecule is CCS(=O)(=O)CC(C)Nc1c(F)cccc1Cl. The van der Waals surface area contributed by atoms with Crippen molar-refractivity contribution in [3.63, 3.8) is 0 Å². The van der Waals surface area contributed by atoms with Crippen LogP contribution in [0.25, 0.3) is 0 Å². The molecule has 1 atom stereocenters. The Balaban J connectivity index is 2.79. The van der Waals surface area contributed by atoms with Gasteiger partial charge in [0, 0.05) is 11.8 Å². The van der Waals surface area contributed by atoms with Gasteiger partial charge in [-0.25, -0.2) is 12.8 Å². The second kappa shape index (κ2) is 5.69. The molecule has 0 heterocycles. The molecule has 0 radical (unpaired) electrons. The summed E-state index contributed by atoms with van der Waals surface area (Å²) >= 11 is 5.83. The van der Waals surface area contributed by atoms with Crippen molar-refractivity contribution in [3.8, 4) is 0 Å². The van der Waals surface area contributed by atoms with Crippen LogP contribution < -0.4 is 5.32 Å². The van der Waals surface area contributed by atoms with Crippen LogP contribution >= 0.6 is 11.6 Å². The lowest BCUT2D eigenvalue weighted by molar-refractivity contribution is 0.592. The van der Waals surface area contributed by atoms with Gasteiger partial charge in [-0.2, -0.15) is 0 Å². The maximum atomic E-state index is 13.4. The summed E-state index contributed by atoms with van der Waals surface area (Å²) in [6, 6.07) is 3.92. The molecule has 17 heavy (non-hydrogen) atoms. The molecule has 0 saturated heterocycles. The van der Waals surface area contributed by atoms with Gasteiger partial charge in [-0.1, -0.05) is 24.6 Å². The average Bonchev–Trinajstić information content (AvgIpc) is 2.23. The number of para-hydroxylation sites is 1. The molecule has 1 unspecified atom stereocenters. The van der Waals surface area contributed by atoms with Crippen molar-refractivity contribution in [3.05, 3.63) is 29.0 Å². The molecular formula is C11H15ClFNO2S. The van der Waals surface area contributed by atoms with E-state index < -0.39 is 21.7 Å². The molecule has 3 nitrogen and oxygen atoms in total. The van der Waals surface area contributed by atoms with E-state index >= 15 is 0 Å². The summed E-state index contributed by atoms with van der Waals surface area (Å²) in [7, 11) is -3.09. The maximum Gasteiger partial charge on any atom is 0.152 e. The molecule has 1 N–H and O–H groups in total. The van der Waals surface area contributed by atoms with Crippen LogP contribution in [0.1, 0.15) is 13.8 Å². The second-order valence-electron chi connectivity index (χ2n) is 3.84. The molecule has 0 aromatic heterocycles. The largest absolute Gasteiger partial charge is 0.378 e. The summed E-state index contributed by atoms with van der Waals surface area (Å²) in [5, 5.41) is 3.02. The highest BCUT2D eigenvalue weighted by Crippen LogP contribution is 2.25. The van der Waals surface area contributed by atoms with E-state index in [9.17, 15) is 12.8 Å². The zero-order chi connectivity index (χ0) is 13.1. The predicted molar refractivity (Wildman–Crippen MR) is 68.8 cm³/mol. The van der Waals surface area contributed by atoms with Gasteiger partial charge in [-0.15, -0.1) is 0 Å². The topological polar surface area (TPSA) is 46.2 Å². The first-order valence-corrected chi connectivity index (χ1v) is 7.46. The molecule has 0 spiro atoms. The fourth-order valence-corrected chi connectivity index (χ4v) is 2.72. The lowest BCUT2D eigenvalue weighted by atomic mass is 10.2. The third kappa shape index (κ3) is 4.16. The van der Waals surface area contributed by atoms with Crippen LogP contribution in [0.3, 0.4) is 0 Å². The fourth-order valence-electron chi connectivity index (χ4n) is 1.42. The summed E-state index contributed by atoms with van der Waals surface area (Å²) < 4.78 is 36.2. The van der Waals surface area contributed by atoms with Gasteiger partial charge in [0.1, 0.15) is 5.82 Å². The monoisotopic (exact) mass is 279 g/mol. The standard InChI is InChI=1S/C11H15ClFNO2S/c1-3-17(15,16)7-8(2)14-11-9(12)5-4-6-10(11)13/h4-6,8,14H,3,7H2,1-2H3. The lowest BCUT2D eigenvalue weighted by Crippen LogP contribution is -2.27. The average molecular weight is 280 g/mol. The minimum Gasteiger partial charge on any atom is -0.378 e. The highest BCUT2D eigenvalue weighted by atomic mass is 35.5. The van der Waals surface area contributed by atoms with Crippen LogP contribution in [0.5, 0.6) is 0 Å². The molecule has 0 fully saturated rings. The molecule has 1 aromatic carbocycles. The summed E-state index contributed by atoms with van der Waals surface area (Å²) in [6.45, 7) is 3.26. The summed E-state index contributed by atoms with van der Waals surface area (Å²) in [6.07, 6.45) is 0. The summed E-state index contributed by atoms with van der Waals surface area (Å²) in [5.74, 6) is -0.462. The molecule has 6 heteroatoms. The molecule has 0 bridgehead atoms. The van der Waals surface area contributed by atoms with E-state index in [1.165, 1.54) is 12.1 Å². The zero-order valence-electron chi connectivity index (χ0n) is 9.70. The lowest BCUT2D eigenvalue weighted by Gasteiger charge is -2.16. The van der Waals surface area contributed by atoms with E-state index in [4.69, 9.17) is 11.6 Å². The van der Waals surface area contributed by atoms with E-state index in [2.05, 4.69) is 5.32 Å². The number of nitrogens with one attached hydrogen (secondary N) is 1. The minimum absolute atomic E-state index is 0.0475. The number of halogens is 2. The van der Waals surface area contributed by atoms with E-state index in [1.807, 2.05) is 0 Å². The Morgan fingerprint density at radius 1 is 1.47 bits per heavy atom. The van der Waals surface area contributed by atoms with Crippen molar-refractivity contribution in [1.82, 2.24) is 0 Å². The molecule has 1 aromatic rings. The zero-order valence-corrected chi connectivity index (χ0v) is 11.3. The first-order valence-electron chi connectivity index (χ1n) is 5.26. The van der Waals surface area contributed by atoms with Gasteiger partial charge in [-0.05, 0) is 19.1 Å². The van der Waals surface area contributed by atoms with Gasteiger partial charge in [0.05, 0.1) is 16.5 Å². The van der Waals surface area contributed by atoms with Gasteiger partial charge < -0.3 is 5.32 Å². The van der Waals surface area contributed by atoms with Gasteiger partial charge in [-0.3, -0.25) is 0 Å². The third-order valence-corrected chi connectivity index (χ3v) is 4.50. The molecule has 0 saturated carbocycles. The quantitative estimate of drug-likeness (QED) is 0.901. The van der Waals surface area contributed by atoms with Crippen LogP contribution in [0.2, 0.25) is 5.02 Å². The van der Waals surface area contributed by atoms with E-state index in [1.54, 1.807) is 19.9 Å². The molecule has 0 aliphatic heterocycles.